The van der Waals surface area contributed by atoms with Crippen LogP contribution in [0.4, 0.5) is 0 Å². The number of hydrogen-bond acceptors (Lipinski definition) is 4. The van der Waals surface area contributed by atoms with Gasteiger partial charge in [0.1, 0.15) is 5.78 Å². The monoisotopic (exact) mass is 197 g/mol. The van der Waals surface area contributed by atoms with Crippen LogP contribution in [0.25, 0.3) is 0 Å². The minimum absolute atomic E-state index is 0.402. The van der Waals surface area contributed by atoms with Gasteiger partial charge >= 0.3 is 10.4 Å². The summed E-state index contributed by atoms with van der Waals surface area (Å²) >= 11 is 0. The van der Waals surface area contributed by atoms with Gasteiger partial charge in [-0.25, -0.2) is 0 Å². The molecule has 1 heterocycles. The summed E-state index contributed by atoms with van der Waals surface area (Å²) in [6, 6.07) is 0. The lowest BCUT2D eigenvalue weighted by molar-refractivity contribution is -0.119. The van der Waals surface area contributed by atoms with Crippen LogP contribution in [0.2, 0.25) is 0 Å². The second kappa shape index (κ2) is 5.20. The predicted molar refractivity (Wildman–Crippen MR) is 41.3 cm³/mol. The van der Waals surface area contributed by atoms with Crippen LogP contribution in [0.3, 0.4) is 0 Å². The number of Topliss-reactive ketones (excluding diaryl/α,β-unsaturated/α-hetero) is 1. The molecule has 0 atom stereocenters. The van der Waals surface area contributed by atoms with Crippen LogP contribution in [0, 0.1) is 0 Å². The molecule has 7 heteroatoms. The fraction of sp³-hybridized carbons (Fsp3) is 0.800. The van der Waals surface area contributed by atoms with Gasteiger partial charge in [0.05, 0.1) is 0 Å². The molecule has 0 bridgehead atoms. The van der Waals surface area contributed by atoms with Gasteiger partial charge in [-0.3, -0.25) is 13.9 Å². The first-order chi connectivity index (χ1) is 5.39. The van der Waals surface area contributed by atoms with E-state index in [0.717, 1.165) is 25.9 Å². The van der Waals surface area contributed by atoms with Crippen LogP contribution in [-0.2, 0) is 15.2 Å². The molecule has 1 aliphatic heterocycles. The molecule has 0 aromatic carbocycles. The molecule has 1 rings (SSSR count). The Bertz CT molecular complexity index is 218. The van der Waals surface area contributed by atoms with Gasteiger partial charge in [-0.15, -0.1) is 0 Å². The van der Waals surface area contributed by atoms with Crippen molar-refractivity contribution in [2.45, 2.75) is 12.8 Å². The van der Waals surface area contributed by atoms with E-state index >= 15 is 0 Å². The van der Waals surface area contributed by atoms with Crippen LogP contribution in [0.5, 0.6) is 0 Å². The molecule has 1 aliphatic rings. The SMILES string of the molecule is O=C1CCNCC1.O=S(=O)(O)O. The molecule has 0 saturated carbocycles. The predicted octanol–water partition coefficient (Wildman–Crippen LogP) is -0.714. The molecule has 3 N–H and O–H groups in total. The second-order valence-corrected chi connectivity index (χ2v) is 3.13. The van der Waals surface area contributed by atoms with Crippen molar-refractivity contribution in [1.82, 2.24) is 5.32 Å². The van der Waals surface area contributed by atoms with E-state index in [-0.39, 0.29) is 0 Å². The molecule has 0 spiro atoms. The first kappa shape index (κ1) is 11.5. The second-order valence-electron chi connectivity index (χ2n) is 2.24. The number of carbonyl (C=O) groups excluding carboxylic acids is 1. The summed E-state index contributed by atoms with van der Waals surface area (Å²) in [4.78, 5) is 10.4. The molecule has 0 aromatic rings. The highest BCUT2D eigenvalue weighted by molar-refractivity contribution is 7.79. The van der Waals surface area contributed by atoms with Gasteiger partial charge in [-0.1, -0.05) is 0 Å². The Labute approximate surface area is 70.5 Å². The number of nitrogens with one attached hydrogen (secondary N) is 1. The molecule has 0 radical (unpaired) electrons. The Morgan fingerprint density at radius 1 is 1.17 bits per heavy atom. The molecular formula is C5H11NO5S. The minimum atomic E-state index is -4.67. The lowest BCUT2D eigenvalue weighted by Gasteiger charge is -2.08. The molecule has 6 nitrogen and oxygen atoms in total. The number of rotatable bonds is 0. The summed E-state index contributed by atoms with van der Waals surface area (Å²) in [6.07, 6.45) is 1.47. The van der Waals surface area contributed by atoms with E-state index in [1.807, 2.05) is 0 Å². The quantitative estimate of drug-likeness (QED) is 0.443. The van der Waals surface area contributed by atoms with Gasteiger partial charge in [0.25, 0.3) is 0 Å². The number of piperidine rings is 1. The molecule has 0 unspecified atom stereocenters. The van der Waals surface area contributed by atoms with Gasteiger partial charge < -0.3 is 5.32 Å². The van der Waals surface area contributed by atoms with Crippen LogP contribution >= 0.6 is 0 Å². The van der Waals surface area contributed by atoms with Crippen LogP contribution in [-0.4, -0.2) is 36.4 Å². The largest absolute Gasteiger partial charge is 0.394 e. The maximum Gasteiger partial charge on any atom is 0.394 e. The summed E-state index contributed by atoms with van der Waals surface area (Å²) in [5.74, 6) is 0.402. The lowest BCUT2D eigenvalue weighted by Crippen LogP contribution is -2.27. The molecule has 0 aromatic heterocycles. The van der Waals surface area contributed by atoms with E-state index in [2.05, 4.69) is 5.32 Å². The minimum Gasteiger partial charge on any atom is -0.316 e. The van der Waals surface area contributed by atoms with Gasteiger partial charge in [0.15, 0.2) is 0 Å². The number of carbonyl (C=O) groups is 1. The van der Waals surface area contributed by atoms with E-state index in [1.54, 1.807) is 0 Å². The lowest BCUT2D eigenvalue weighted by atomic mass is 10.1. The van der Waals surface area contributed by atoms with Gasteiger partial charge in [-0.2, -0.15) is 8.42 Å². The molecule has 0 aliphatic carbocycles. The van der Waals surface area contributed by atoms with Crippen molar-refractivity contribution in [3.8, 4) is 0 Å². The Morgan fingerprint density at radius 2 is 1.50 bits per heavy atom. The van der Waals surface area contributed by atoms with Crippen LogP contribution in [0.15, 0.2) is 0 Å². The summed E-state index contributed by atoms with van der Waals surface area (Å²) in [6.45, 7) is 1.78. The highest BCUT2D eigenvalue weighted by Gasteiger charge is 2.04. The van der Waals surface area contributed by atoms with Crippen molar-refractivity contribution in [1.29, 1.82) is 0 Å². The van der Waals surface area contributed by atoms with Crippen molar-refractivity contribution in [2.75, 3.05) is 13.1 Å². The normalized spacial score (nSPS) is 18.0. The van der Waals surface area contributed by atoms with Crippen molar-refractivity contribution in [2.24, 2.45) is 0 Å². The van der Waals surface area contributed by atoms with Crippen LogP contribution in [0.1, 0.15) is 12.8 Å². The summed E-state index contributed by atoms with van der Waals surface area (Å²) in [5, 5.41) is 3.09. The third kappa shape index (κ3) is 12.2. The smallest absolute Gasteiger partial charge is 0.316 e. The molecule has 0 amide bonds. The molecule has 72 valence electrons. The summed E-state index contributed by atoms with van der Waals surface area (Å²) < 4.78 is 31.6. The van der Waals surface area contributed by atoms with E-state index in [4.69, 9.17) is 17.5 Å². The Kier molecular flexibility index (Phi) is 4.98. The van der Waals surface area contributed by atoms with E-state index in [9.17, 15) is 4.79 Å². The summed E-state index contributed by atoms with van der Waals surface area (Å²) in [5.41, 5.74) is 0. The third-order valence-corrected chi connectivity index (χ3v) is 1.16. The van der Waals surface area contributed by atoms with Crippen molar-refractivity contribution in [3.05, 3.63) is 0 Å². The molecule has 1 saturated heterocycles. The first-order valence-electron chi connectivity index (χ1n) is 3.32. The standard InChI is InChI=1S/C5H9NO.H2O4S/c7-5-1-3-6-4-2-5;1-5(2,3)4/h6H,1-4H2;(H2,1,2,3,4). The topological polar surface area (TPSA) is 104 Å². The number of hydrogen-bond donors (Lipinski definition) is 3. The zero-order valence-corrected chi connectivity index (χ0v) is 7.17. The highest BCUT2D eigenvalue weighted by Crippen LogP contribution is 1.91. The third-order valence-electron chi connectivity index (χ3n) is 1.16. The van der Waals surface area contributed by atoms with E-state index in [0.29, 0.717) is 5.78 Å². The van der Waals surface area contributed by atoms with Crippen molar-refractivity contribution < 1.29 is 22.3 Å². The van der Waals surface area contributed by atoms with Gasteiger partial charge in [-0.05, 0) is 0 Å². The Hall–Kier alpha value is -0.500. The van der Waals surface area contributed by atoms with E-state index < -0.39 is 10.4 Å². The van der Waals surface area contributed by atoms with E-state index in [1.165, 1.54) is 0 Å². The van der Waals surface area contributed by atoms with Crippen LogP contribution < -0.4 is 5.32 Å². The fourth-order valence-corrected chi connectivity index (χ4v) is 0.706. The Morgan fingerprint density at radius 3 is 1.67 bits per heavy atom. The molecule has 12 heavy (non-hydrogen) atoms. The van der Waals surface area contributed by atoms with Gasteiger partial charge in [0, 0.05) is 25.9 Å². The summed E-state index contributed by atoms with van der Waals surface area (Å²) in [7, 11) is -4.67. The highest BCUT2D eigenvalue weighted by atomic mass is 32.3. The average molecular weight is 197 g/mol. The zero-order chi connectivity index (χ0) is 9.61. The molecular weight excluding hydrogens is 186 g/mol. The zero-order valence-electron chi connectivity index (χ0n) is 6.36. The number of ketones is 1. The Balaban J connectivity index is 0.000000217. The first-order valence-corrected chi connectivity index (χ1v) is 4.71. The van der Waals surface area contributed by atoms with Crippen molar-refractivity contribution >= 4 is 16.2 Å². The maximum absolute atomic E-state index is 10.4. The average Bonchev–Trinajstić information content (AvgIpc) is 1.85. The van der Waals surface area contributed by atoms with Gasteiger partial charge in [0.2, 0.25) is 0 Å². The van der Waals surface area contributed by atoms with Crippen molar-refractivity contribution in [3.63, 3.8) is 0 Å². The maximum atomic E-state index is 10.4. The molecule has 1 fully saturated rings. The fourth-order valence-electron chi connectivity index (χ4n) is 0.706.